The third-order valence-electron chi connectivity index (χ3n) is 1.83. The standard InChI is InChI=1S/C9H11N3O5/c13-6(10-2-1-8(15)16)3-5-4-7(14)12-9(17)11-5/h4H,1-3H2,(H,10,13)(H,15,16)(H2,11,12,14,17). The van der Waals surface area contributed by atoms with Crippen molar-refractivity contribution in [3.8, 4) is 0 Å². The molecule has 0 aliphatic carbocycles. The molecule has 1 aromatic heterocycles. The second-order valence-electron chi connectivity index (χ2n) is 3.28. The van der Waals surface area contributed by atoms with Crippen molar-refractivity contribution in [3.63, 3.8) is 0 Å². The highest BCUT2D eigenvalue weighted by Crippen LogP contribution is 1.88. The van der Waals surface area contributed by atoms with Crippen molar-refractivity contribution in [1.29, 1.82) is 0 Å². The maximum Gasteiger partial charge on any atom is 0.325 e. The molecule has 1 rings (SSSR count). The van der Waals surface area contributed by atoms with E-state index < -0.39 is 23.1 Å². The summed E-state index contributed by atoms with van der Waals surface area (Å²) < 4.78 is 0. The molecule has 0 bridgehead atoms. The fourth-order valence-corrected chi connectivity index (χ4v) is 1.16. The highest BCUT2D eigenvalue weighted by Gasteiger charge is 2.05. The van der Waals surface area contributed by atoms with E-state index in [9.17, 15) is 19.2 Å². The van der Waals surface area contributed by atoms with Crippen LogP contribution < -0.4 is 16.6 Å². The van der Waals surface area contributed by atoms with Gasteiger partial charge in [-0.2, -0.15) is 0 Å². The molecule has 0 aliphatic heterocycles. The predicted octanol–water partition coefficient (Wildman–Crippen LogP) is -1.80. The Labute approximate surface area is 94.7 Å². The van der Waals surface area contributed by atoms with Crippen LogP contribution in [0.3, 0.4) is 0 Å². The second kappa shape index (κ2) is 5.64. The minimum absolute atomic E-state index is 0.00158. The summed E-state index contributed by atoms with van der Waals surface area (Å²) in [5.74, 6) is -1.48. The minimum atomic E-state index is -1.02. The smallest absolute Gasteiger partial charge is 0.325 e. The molecule has 0 saturated heterocycles. The van der Waals surface area contributed by atoms with E-state index in [2.05, 4.69) is 10.3 Å². The molecule has 92 valence electrons. The molecule has 0 aromatic carbocycles. The molecule has 1 aromatic rings. The Bertz CT molecular complexity index is 502. The molecule has 8 heteroatoms. The van der Waals surface area contributed by atoms with Gasteiger partial charge >= 0.3 is 11.7 Å². The Balaban J connectivity index is 2.53. The number of rotatable bonds is 5. The third kappa shape index (κ3) is 4.78. The molecule has 0 spiro atoms. The van der Waals surface area contributed by atoms with E-state index in [-0.39, 0.29) is 25.1 Å². The molecule has 0 radical (unpaired) electrons. The number of carboxylic acids is 1. The van der Waals surface area contributed by atoms with Crippen LogP contribution in [0.15, 0.2) is 15.7 Å². The lowest BCUT2D eigenvalue weighted by atomic mass is 10.3. The van der Waals surface area contributed by atoms with Crippen LogP contribution in [-0.4, -0.2) is 33.5 Å². The number of aliphatic carboxylic acids is 1. The summed E-state index contributed by atoms with van der Waals surface area (Å²) in [4.78, 5) is 47.5. The molecule has 0 fully saturated rings. The molecule has 0 saturated carbocycles. The quantitative estimate of drug-likeness (QED) is 0.482. The van der Waals surface area contributed by atoms with Crippen LogP contribution in [0.1, 0.15) is 12.1 Å². The highest BCUT2D eigenvalue weighted by molar-refractivity contribution is 5.78. The summed E-state index contributed by atoms with van der Waals surface area (Å²) >= 11 is 0. The number of aromatic nitrogens is 2. The minimum Gasteiger partial charge on any atom is -0.481 e. The van der Waals surface area contributed by atoms with Gasteiger partial charge in [0.2, 0.25) is 5.91 Å². The number of hydrogen-bond donors (Lipinski definition) is 4. The Hall–Kier alpha value is -2.38. The topological polar surface area (TPSA) is 132 Å². The van der Waals surface area contributed by atoms with Gasteiger partial charge in [0, 0.05) is 18.3 Å². The molecule has 4 N–H and O–H groups in total. The van der Waals surface area contributed by atoms with E-state index in [1.54, 1.807) is 0 Å². The van der Waals surface area contributed by atoms with Crippen LogP contribution in [0.2, 0.25) is 0 Å². The van der Waals surface area contributed by atoms with Gasteiger partial charge in [-0.05, 0) is 0 Å². The summed E-state index contributed by atoms with van der Waals surface area (Å²) in [5.41, 5.74) is -1.11. The first-order chi connectivity index (χ1) is 7.97. The number of nitrogens with one attached hydrogen (secondary N) is 3. The van der Waals surface area contributed by atoms with Gasteiger partial charge in [0.25, 0.3) is 5.56 Å². The molecule has 0 unspecified atom stereocenters. The van der Waals surface area contributed by atoms with Gasteiger partial charge in [-0.15, -0.1) is 0 Å². The van der Waals surface area contributed by atoms with Crippen LogP contribution >= 0.6 is 0 Å². The SMILES string of the molecule is O=C(O)CCNC(=O)Cc1cc(=O)[nH]c(=O)[nH]1. The number of aromatic amines is 2. The average Bonchev–Trinajstić information content (AvgIpc) is 2.14. The maximum absolute atomic E-state index is 11.3. The third-order valence-corrected chi connectivity index (χ3v) is 1.83. The van der Waals surface area contributed by atoms with Crippen LogP contribution in [0.25, 0.3) is 0 Å². The van der Waals surface area contributed by atoms with Gasteiger partial charge in [-0.3, -0.25) is 19.4 Å². The van der Waals surface area contributed by atoms with Crippen molar-refractivity contribution in [2.75, 3.05) is 6.54 Å². The van der Waals surface area contributed by atoms with Crippen LogP contribution in [-0.2, 0) is 16.0 Å². The summed E-state index contributed by atoms with van der Waals surface area (Å²) in [6.45, 7) is 0.00158. The molecule has 8 nitrogen and oxygen atoms in total. The molecule has 1 heterocycles. The number of carbonyl (C=O) groups is 2. The van der Waals surface area contributed by atoms with Crippen molar-refractivity contribution < 1.29 is 14.7 Å². The van der Waals surface area contributed by atoms with Gasteiger partial charge in [-0.1, -0.05) is 0 Å². The Morgan fingerprint density at radius 1 is 1.29 bits per heavy atom. The first kappa shape index (κ1) is 12.7. The average molecular weight is 241 g/mol. The van der Waals surface area contributed by atoms with E-state index in [1.165, 1.54) is 0 Å². The lowest BCUT2D eigenvalue weighted by Crippen LogP contribution is -2.30. The summed E-state index contributed by atoms with van der Waals surface area (Å²) in [6, 6.07) is 1.10. The highest BCUT2D eigenvalue weighted by atomic mass is 16.4. The number of carboxylic acid groups (broad SMARTS) is 1. The lowest BCUT2D eigenvalue weighted by molar-refractivity contribution is -0.136. The molecular formula is C9H11N3O5. The maximum atomic E-state index is 11.3. The molecule has 1 amide bonds. The lowest BCUT2D eigenvalue weighted by Gasteiger charge is -2.02. The van der Waals surface area contributed by atoms with Crippen molar-refractivity contribution in [1.82, 2.24) is 15.3 Å². The van der Waals surface area contributed by atoms with E-state index in [1.807, 2.05) is 4.98 Å². The van der Waals surface area contributed by atoms with Gasteiger partial charge in [0.15, 0.2) is 0 Å². The van der Waals surface area contributed by atoms with Gasteiger partial charge in [0.1, 0.15) is 0 Å². The van der Waals surface area contributed by atoms with E-state index in [0.717, 1.165) is 6.07 Å². The summed E-state index contributed by atoms with van der Waals surface area (Å²) in [7, 11) is 0. The Morgan fingerprint density at radius 3 is 2.59 bits per heavy atom. The number of hydrogen-bond acceptors (Lipinski definition) is 4. The van der Waals surface area contributed by atoms with E-state index >= 15 is 0 Å². The van der Waals surface area contributed by atoms with Crippen molar-refractivity contribution in [3.05, 3.63) is 32.6 Å². The first-order valence-corrected chi connectivity index (χ1v) is 4.78. The summed E-state index contributed by atoms with van der Waals surface area (Å²) in [6.07, 6.45) is -0.365. The van der Waals surface area contributed by atoms with Crippen molar-refractivity contribution >= 4 is 11.9 Å². The zero-order valence-electron chi connectivity index (χ0n) is 8.78. The largest absolute Gasteiger partial charge is 0.481 e. The first-order valence-electron chi connectivity index (χ1n) is 4.78. The molecule has 0 aliphatic rings. The van der Waals surface area contributed by atoms with Crippen LogP contribution in [0.4, 0.5) is 0 Å². The van der Waals surface area contributed by atoms with Gasteiger partial charge in [-0.25, -0.2) is 4.79 Å². The number of amides is 1. The fourth-order valence-electron chi connectivity index (χ4n) is 1.16. The zero-order valence-corrected chi connectivity index (χ0v) is 8.78. The Kier molecular flexibility index (Phi) is 4.21. The van der Waals surface area contributed by atoms with E-state index in [4.69, 9.17) is 5.11 Å². The van der Waals surface area contributed by atoms with Gasteiger partial charge in [0.05, 0.1) is 12.8 Å². The number of carbonyl (C=O) groups excluding carboxylic acids is 1. The van der Waals surface area contributed by atoms with Crippen molar-refractivity contribution in [2.24, 2.45) is 0 Å². The number of H-pyrrole nitrogens is 2. The second-order valence-corrected chi connectivity index (χ2v) is 3.28. The normalized spacial score (nSPS) is 9.88. The Morgan fingerprint density at radius 2 is 2.00 bits per heavy atom. The predicted molar refractivity (Wildman–Crippen MR) is 56.6 cm³/mol. The van der Waals surface area contributed by atoms with Crippen LogP contribution in [0.5, 0.6) is 0 Å². The fraction of sp³-hybridized carbons (Fsp3) is 0.333. The van der Waals surface area contributed by atoms with Crippen molar-refractivity contribution in [2.45, 2.75) is 12.8 Å². The van der Waals surface area contributed by atoms with E-state index in [0.29, 0.717) is 0 Å². The summed E-state index contributed by atoms with van der Waals surface area (Å²) in [5, 5.41) is 10.7. The van der Waals surface area contributed by atoms with Gasteiger partial charge < -0.3 is 15.4 Å². The van der Waals surface area contributed by atoms with Crippen LogP contribution in [0, 0.1) is 0 Å². The molecule has 17 heavy (non-hydrogen) atoms. The molecule has 0 atom stereocenters. The monoisotopic (exact) mass is 241 g/mol. The zero-order chi connectivity index (χ0) is 12.8. The molecular weight excluding hydrogens is 230 g/mol.